The number of ether oxygens (including phenoxy) is 2. The summed E-state index contributed by atoms with van der Waals surface area (Å²) in [5.41, 5.74) is 0. The molecule has 0 atom stereocenters. The topological polar surface area (TPSA) is 79.8 Å². The summed E-state index contributed by atoms with van der Waals surface area (Å²) in [4.78, 5) is 25.3. The Morgan fingerprint density at radius 3 is 2.59 bits per heavy atom. The number of hydrogen-bond donors (Lipinski definition) is 1. The van der Waals surface area contributed by atoms with Crippen molar-refractivity contribution in [1.82, 2.24) is 20.2 Å². The molecule has 8 nitrogen and oxygen atoms in total. The van der Waals surface area contributed by atoms with Crippen molar-refractivity contribution in [1.29, 1.82) is 0 Å². The van der Waals surface area contributed by atoms with Crippen LogP contribution in [0, 0.1) is 0 Å². The highest BCUT2D eigenvalue weighted by molar-refractivity contribution is 7.99. The van der Waals surface area contributed by atoms with Crippen LogP contribution in [-0.4, -0.2) is 92.2 Å². The maximum Gasteiger partial charge on any atom is 0.230 e. The van der Waals surface area contributed by atoms with Crippen LogP contribution in [0.3, 0.4) is 0 Å². The molecule has 0 aromatic carbocycles. The molecule has 0 spiro atoms. The summed E-state index contributed by atoms with van der Waals surface area (Å²) < 4.78 is 10.7. The molecule has 0 bridgehead atoms. The minimum absolute atomic E-state index is 0.0153. The van der Waals surface area contributed by atoms with Crippen LogP contribution in [0.25, 0.3) is 0 Å². The Morgan fingerprint density at radius 2 is 1.85 bits per heavy atom. The number of aromatic nitrogens is 2. The summed E-state index contributed by atoms with van der Waals surface area (Å²) in [5.74, 6) is 1.05. The smallest absolute Gasteiger partial charge is 0.230 e. The Bertz CT molecular complexity index is 612. The van der Waals surface area contributed by atoms with E-state index in [1.807, 2.05) is 0 Å². The number of carbonyl (C=O) groups excluding carboxylic acids is 1. The minimum atomic E-state index is -0.0153. The summed E-state index contributed by atoms with van der Waals surface area (Å²) >= 11 is 7.43. The van der Waals surface area contributed by atoms with Crippen LogP contribution >= 0.6 is 23.4 Å². The maximum atomic E-state index is 12.1. The van der Waals surface area contributed by atoms with Gasteiger partial charge in [0.2, 0.25) is 5.91 Å². The first-order chi connectivity index (χ1) is 13.2. The van der Waals surface area contributed by atoms with Crippen molar-refractivity contribution in [3.05, 3.63) is 11.2 Å². The fourth-order valence-corrected chi connectivity index (χ4v) is 3.85. The average Bonchev–Trinajstić information content (AvgIpc) is 2.71. The summed E-state index contributed by atoms with van der Waals surface area (Å²) in [6.07, 6.45) is 0.936. The van der Waals surface area contributed by atoms with E-state index in [1.165, 1.54) is 11.8 Å². The third kappa shape index (κ3) is 7.08. The average molecular weight is 416 g/mol. The summed E-state index contributed by atoms with van der Waals surface area (Å²) in [7, 11) is 0. The van der Waals surface area contributed by atoms with E-state index in [0.717, 1.165) is 58.2 Å². The predicted molar refractivity (Wildman–Crippen MR) is 106 cm³/mol. The lowest BCUT2D eigenvalue weighted by Crippen LogP contribution is -2.38. The highest BCUT2D eigenvalue weighted by atomic mass is 35.5. The first kappa shape index (κ1) is 20.6. The molecule has 1 amide bonds. The maximum absolute atomic E-state index is 12.1. The number of nitrogens with one attached hydrogen (secondary N) is 1. The van der Waals surface area contributed by atoms with E-state index in [4.69, 9.17) is 21.1 Å². The lowest BCUT2D eigenvalue weighted by molar-refractivity contribution is -0.118. The normalized spacial score (nSPS) is 18.5. The molecule has 1 aromatic heterocycles. The van der Waals surface area contributed by atoms with Gasteiger partial charge in [0.25, 0.3) is 0 Å². The van der Waals surface area contributed by atoms with Gasteiger partial charge < -0.3 is 19.7 Å². The Balaban J connectivity index is 1.38. The van der Waals surface area contributed by atoms with Crippen LogP contribution in [0.15, 0.2) is 11.2 Å². The second-order valence-corrected chi connectivity index (χ2v) is 7.71. The van der Waals surface area contributed by atoms with Crippen LogP contribution in [0.5, 0.6) is 0 Å². The SMILES string of the molecule is O=C(CSc1nc(Cl)cc(N2CCOCC2)n1)NCCCN1CCOCC1. The molecule has 3 heterocycles. The fourth-order valence-electron chi connectivity index (χ4n) is 2.94. The number of thioether (sulfide) groups is 1. The van der Waals surface area contributed by atoms with Crippen LogP contribution in [0.1, 0.15) is 6.42 Å². The van der Waals surface area contributed by atoms with Gasteiger partial charge in [0.05, 0.1) is 32.2 Å². The summed E-state index contributed by atoms with van der Waals surface area (Å²) in [6.45, 7) is 8.12. The van der Waals surface area contributed by atoms with Crippen molar-refractivity contribution in [2.24, 2.45) is 0 Å². The third-order valence-electron chi connectivity index (χ3n) is 4.41. The predicted octanol–water partition coefficient (Wildman–Crippen LogP) is 0.897. The molecule has 27 heavy (non-hydrogen) atoms. The Morgan fingerprint density at radius 1 is 1.15 bits per heavy atom. The van der Waals surface area contributed by atoms with Crippen molar-refractivity contribution in [3.63, 3.8) is 0 Å². The number of amides is 1. The summed E-state index contributed by atoms with van der Waals surface area (Å²) in [5, 5.41) is 3.86. The standard InChI is InChI=1S/C17H26ClN5O3S/c18-14-12-15(23-6-10-26-11-7-23)21-17(20-14)27-13-16(24)19-2-1-3-22-4-8-25-9-5-22/h12H,1-11,13H2,(H,19,24). The largest absolute Gasteiger partial charge is 0.379 e. The Hall–Kier alpha value is -1.13. The van der Waals surface area contributed by atoms with E-state index in [-0.39, 0.29) is 11.7 Å². The quantitative estimate of drug-likeness (QED) is 0.290. The first-order valence-corrected chi connectivity index (χ1v) is 10.6. The van der Waals surface area contributed by atoms with E-state index >= 15 is 0 Å². The molecular formula is C17H26ClN5O3S. The van der Waals surface area contributed by atoms with Crippen molar-refractivity contribution in [3.8, 4) is 0 Å². The number of hydrogen-bond acceptors (Lipinski definition) is 8. The van der Waals surface area contributed by atoms with Crippen molar-refractivity contribution in [2.75, 3.05) is 76.3 Å². The molecule has 2 aliphatic heterocycles. The number of halogens is 1. The molecule has 3 rings (SSSR count). The molecule has 0 saturated carbocycles. The highest BCUT2D eigenvalue weighted by Gasteiger charge is 2.15. The van der Waals surface area contributed by atoms with Gasteiger partial charge in [-0.15, -0.1) is 0 Å². The molecule has 150 valence electrons. The molecule has 0 radical (unpaired) electrons. The van der Waals surface area contributed by atoms with Crippen LogP contribution in [-0.2, 0) is 14.3 Å². The van der Waals surface area contributed by atoms with Crippen molar-refractivity contribution < 1.29 is 14.3 Å². The first-order valence-electron chi connectivity index (χ1n) is 9.27. The molecule has 10 heteroatoms. The van der Waals surface area contributed by atoms with E-state index in [0.29, 0.717) is 30.1 Å². The van der Waals surface area contributed by atoms with Gasteiger partial charge >= 0.3 is 0 Å². The molecule has 1 N–H and O–H groups in total. The number of morpholine rings is 2. The van der Waals surface area contributed by atoms with Gasteiger partial charge in [-0.25, -0.2) is 9.97 Å². The lowest BCUT2D eigenvalue weighted by Gasteiger charge is -2.27. The van der Waals surface area contributed by atoms with Crippen molar-refractivity contribution in [2.45, 2.75) is 11.6 Å². The van der Waals surface area contributed by atoms with Gasteiger partial charge in [0.15, 0.2) is 5.16 Å². The second kappa shape index (κ2) is 11.0. The molecule has 2 fully saturated rings. The van der Waals surface area contributed by atoms with Crippen LogP contribution < -0.4 is 10.2 Å². The van der Waals surface area contributed by atoms with E-state index in [1.54, 1.807) is 6.07 Å². The fraction of sp³-hybridized carbons (Fsp3) is 0.706. The van der Waals surface area contributed by atoms with E-state index in [9.17, 15) is 4.79 Å². The Kier molecular flexibility index (Phi) is 8.40. The zero-order valence-corrected chi connectivity index (χ0v) is 16.9. The van der Waals surface area contributed by atoms with Gasteiger partial charge in [-0.2, -0.15) is 0 Å². The number of carbonyl (C=O) groups is 1. The van der Waals surface area contributed by atoms with E-state index < -0.39 is 0 Å². The molecule has 2 aliphatic rings. The monoisotopic (exact) mass is 415 g/mol. The highest BCUT2D eigenvalue weighted by Crippen LogP contribution is 2.22. The second-order valence-electron chi connectivity index (χ2n) is 6.38. The van der Waals surface area contributed by atoms with Gasteiger partial charge in [0.1, 0.15) is 11.0 Å². The van der Waals surface area contributed by atoms with Crippen LogP contribution in [0.4, 0.5) is 5.82 Å². The van der Waals surface area contributed by atoms with Gasteiger partial charge in [-0.05, 0) is 13.0 Å². The summed E-state index contributed by atoms with van der Waals surface area (Å²) in [6, 6.07) is 1.75. The zero-order chi connectivity index (χ0) is 18.9. The van der Waals surface area contributed by atoms with Crippen LogP contribution in [0.2, 0.25) is 5.15 Å². The van der Waals surface area contributed by atoms with Gasteiger partial charge in [-0.1, -0.05) is 23.4 Å². The molecule has 0 unspecified atom stereocenters. The number of nitrogens with zero attached hydrogens (tertiary/aromatic N) is 4. The van der Waals surface area contributed by atoms with Gasteiger partial charge in [-0.3, -0.25) is 9.69 Å². The molecular weight excluding hydrogens is 390 g/mol. The minimum Gasteiger partial charge on any atom is -0.379 e. The molecule has 1 aromatic rings. The lowest BCUT2D eigenvalue weighted by atomic mass is 10.3. The Labute approximate surface area is 168 Å². The zero-order valence-electron chi connectivity index (χ0n) is 15.4. The molecule has 2 saturated heterocycles. The van der Waals surface area contributed by atoms with Gasteiger partial charge in [0, 0.05) is 38.8 Å². The third-order valence-corrected chi connectivity index (χ3v) is 5.45. The van der Waals surface area contributed by atoms with Crippen molar-refractivity contribution >= 4 is 35.1 Å². The molecule has 0 aliphatic carbocycles. The van der Waals surface area contributed by atoms with E-state index in [2.05, 4.69) is 25.1 Å². The number of anilines is 1. The number of rotatable bonds is 8.